The zero-order valence-corrected chi connectivity index (χ0v) is 15.4. The van der Waals surface area contributed by atoms with Gasteiger partial charge in [-0.25, -0.2) is 4.68 Å². The van der Waals surface area contributed by atoms with E-state index in [2.05, 4.69) is 20.6 Å². The smallest absolute Gasteiger partial charge is 0.274 e. The van der Waals surface area contributed by atoms with E-state index >= 15 is 0 Å². The molecule has 4 rings (SSSR count). The first kappa shape index (κ1) is 17.6. The number of benzene rings is 2. The molecule has 6 heteroatoms. The Morgan fingerprint density at radius 3 is 2.43 bits per heavy atom. The minimum atomic E-state index is -0.266. The first-order valence-electron chi connectivity index (χ1n) is 8.98. The third-order valence-corrected chi connectivity index (χ3v) is 4.54. The van der Waals surface area contributed by atoms with Gasteiger partial charge in [0.2, 0.25) is 0 Å². The Morgan fingerprint density at radius 1 is 0.964 bits per heavy atom. The van der Waals surface area contributed by atoms with Crippen molar-refractivity contribution in [3.8, 4) is 16.9 Å². The van der Waals surface area contributed by atoms with Crippen molar-refractivity contribution < 1.29 is 4.79 Å². The summed E-state index contributed by atoms with van der Waals surface area (Å²) >= 11 is 0. The van der Waals surface area contributed by atoms with E-state index in [-0.39, 0.29) is 11.6 Å². The molecular weight excluding hydrogens is 350 g/mol. The third-order valence-electron chi connectivity index (χ3n) is 4.54. The average molecular weight is 369 g/mol. The summed E-state index contributed by atoms with van der Waals surface area (Å²) in [5, 5.41) is 11.4. The van der Waals surface area contributed by atoms with Gasteiger partial charge >= 0.3 is 0 Å². The summed E-state index contributed by atoms with van der Waals surface area (Å²) in [5.74, 6) is -0.266. The van der Waals surface area contributed by atoms with Crippen molar-refractivity contribution in [1.82, 2.24) is 25.3 Å². The number of pyridine rings is 1. The van der Waals surface area contributed by atoms with Crippen LogP contribution in [-0.4, -0.2) is 25.9 Å². The van der Waals surface area contributed by atoms with Gasteiger partial charge in [0, 0.05) is 24.5 Å². The standard InChI is InChI=1S/C22H19N5O/c1-16-7-5-6-8-18(16)15-24-22(28)20-21(17-11-13-23-14-12-17)27(26-25-20)19-9-3-2-4-10-19/h2-14H,15H2,1H3,(H,24,28). The Labute approximate surface area is 162 Å². The third kappa shape index (κ3) is 3.53. The first-order valence-corrected chi connectivity index (χ1v) is 8.98. The molecule has 0 radical (unpaired) electrons. The number of carbonyl (C=O) groups excluding carboxylic acids is 1. The quantitative estimate of drug-likeness (QED) is 0.584. The molecule has 0 atom stereocenters. The molecule has 28 heavy (non-hydrogen) atoms. The van der Waals surface area contributed by atoms with Gasteiger partial charge in [0.05, 0.1) is 5.69 Å². The summed E-state index contributed by atoms with van der Waals surface area (Å²) in [6.07, 6.45) is 3.37. The highest BCUT2D eigenvalue weighted by Gasteiger charge is 2.22. The van der Waals surface area contributed by atoms with E-state index in [1.807, 2.05) is 73.7 Å². The van der Waals surface area contributed by atoms with Crippen molar-refractivity contribution in [2.24, 2.45) is 0 Å². The summed E-state index contributed by atoms with van der Waals surface area (Å²) in [5.41, 5.74) is 4.77. The number of rotatable bonds is 5. The number of aromatic nitrogens is 4. The minimum absolute atomic E-state index is 0.266. The van der Waals surface area contributed by atoms with E-state index < -0.39 is 0 Å². The zero-order valence-electron chi connectivity index (χ0n) is 15.4. The highest BCUT2D eigenvalue weighted by Crippen LogP contribution is 2.24. The van der Waals surface area contributed by atoms with Crippen molar-refractivity contribution in [2.75, 3.05) is 0 Å². The Balaban J connectivity index is 1.70. The van der Waals surface area contributed by atoms with Crippen molar-refractivity contribution in [3.05, 3.63) is 95.9 Å². The number of amides is 1. The van der Waals surface area contributed by atoms with Gasteiger partial charge in [0.15, 0.2) is 5.69 Å². The fourth-order valence-corrected chi connectivity index (χ4v) is 3.02. The molecule has 0 saturated heterocycles. The molecule has 0 unspecified atom stereocenters. The molecular formula is C22H19N5O. The molecule has 0 spiro atoms. The molecule has 0 aliphatic rings. The van der Waals surface area contributed by atoms with Crippen LogP contribution < -0.4 is 5.32 Å². The van der Waals surface area contributed by atoms with E-state index in [9.17, 15) is 4.79 Å². The predicted molar refractivity (Wildman–Crippen MR) is 107 cm³/mol. The second kappa shape index (κ2) is 7.84. The van der Waals surface area contributed by atoms with E-state index in [1.165, 1.54) is 0 Å². The second-order valence-electron chi connectivity index (χ2n) is 6.38. The number of nitrogens with zero attached hydrogens (tertiary/aromatic N) is 4. The maximum absolute atomic E-state index is 12.9. The van der Waals surface area contributed by atoms with E-state index in [4.69, 9.17) is 0 Å². The van der Waals surface area contributed by atoms with Crippen LogP contribution in [0, 0.1) is 6.92 Å². The van der Waals surface area contributed by atoms with E-state index in [0.29, 0.717) is 12.2 Å². The van der Waals surface area contributed by atoms with Crippen LogP contribution in [0.15, 0.2) is 79.1 Å². The molecule has 2 aromatic carbocycles. The minimum Gasteiger partial charge on any atom is -0.346 e. The van der Waals surface area contributed by atoms with Gasteiger partial charge in [0.25, 0.3) is 5.91 Å². The lowest BCUT2D eigenvalue weighted by atomic mass is 10.1. The molecule has 0 fully saturated rings. The topological polar surface area (TPSA) is 72.7 Å². The van der Waals surface area contributed by atoms with Crippen molar-refractivity contribution in [3.63, 3.8) is 0 Å². The van der Waals surface area contributed by atoms with Crippen LogP contribution in [0.1, 0.15) is 21.6 Å². The lowest BCUT2D eigenvalue weighted by Gasteiger charge is -2.09. The molecule has 0 bridgehead atoms. The largest absolute Gasteiger partial charge is 0.346 e. The van der Waals surface area contributed by atoms with E-state index in [1.54, 1.807) is 17.1 Å². The summed E-state index contributed by atoms with van der Waals surface area (Å²) < 4.78 is 1.68. The normalized spacial score (nSPS) is 10.6. The van der Waals surface area contributed by atoms with Crippen LogP contribution in [0.5, 0.6) is 0 Å². The fraction of sp³-hybridized carbons (Fsp3) is 0.0909. The van der Waals surface area contributed by atoms with Crippen LogP contribution in [0.25, 0.3) is 16.9 Å². The Morgan fingerprint density at radius 2 is 1.68 bits per heavy atom. The highest BCUT2D eigenvalue weighted by molar-refractivity contribution is 5.98. The molecule has 1 N–H and O–H groups in total. The summed E-state index contributed by atoms with van der Waals surface area (Å²) in [4.78, 5) is 17.0. The summed E-state index contributed by atoms with van der Waals surface area (Å²) in [6.45, 7) is 2.45. The van der Waals surface area contributed by atoms with Gasteiger partial charge in [-0.1, -0.05) is 47.7 Å². The molecule has 6 nitrogen and oxygen atoms in total. The highest BCUT2D eigenvalue weighted by atomic mass is 16.2. The Bertz CT molecular complexity index is 1090. The lowest BCUT2D eigenvalue weighted by Crippen LogP contribution is -2.24. The first-order chi connectivity index (χ1) is 13.7. The SMILES string of the molecule is Cc1ccccc1CNC(=O)c1nnn(-c2ccccc2)c1-c1ccncc1. The number of para-hydroxylation sites is 1. The van der Waals surface area contributed by atoms with Gasteiger partial charge in [0.1, 0.15) is 5.69 Å². The van der Waals surface area contributed by atoms with Gasteiger partial charge in [-0.05, 0) is 42.3 Å². The van der Waals surface area contributed by atoms with Gasteiger partial charge < -0.3 is 5.32 Å². The Hall–Kier alpha value is -3.80. The maximum atomic E-state index is 12.9. The van der Waals surface area contributed by atoms with Crippen LogP contribution in [0.3, 0.4) is 0 Å². The molecule has 2 heterocycles. The average Bonchev–Trinajstić information content (AvgIpc) is 3.19. The second-order valence-corrected chi connectivity index (χ2v) is 6.38. The van der Waals surface area contributed by atoms with Crippen LogP contribution in [0.2, 0.25) is 0 Å². The van der Waals surface area contributed by atoms with Crippen LogP contribution in [-0.2, 0) is 6.54 Å². The number of hydrogen-bond donors (Lipinski definition) is 1. The Kier molecular flexibility index (Phi) is 4.93. The van der Waals surface area contributed by atoms with Crippen molar-refractivity contribution >= 4 is 5.91 Å². The summed E-state index contributed by atoms with van der Waals surface area (Å²) in [6, 6.07) is 21.3. The fourth-order valence-electron chi connectivity index (χ4n) is 3.02. The number of hydrogen-bond acceptors (Lipinski definition) is 4. The molecule has 0 aliphatic heterocycles. The van der Waals surface area contributed by atoms with Crippen LogP contribution in [0.4, 0.5) is 0 Å². The van der Waals surface area contributed by atoms with Gasteiger partial charge in [-0.2, -0.15) is 0 Å². The molecule has 138 valence electrons. The zero-order chi connectivity index (χ0) is 19.3. The monoisotopic (exact) mass is 369 g/mol. The molecule has 1 amide bonds. The lowest BCUT2D eigenvalue weighted by molar-refractivity contribution is 0.0946. The number of carbonyl (C=O) groups is 1. The number of nitrogens with one attached hydrogen (secondary N) is 1. The predicted octanol–water partition coefficient (Wildman–Crippen LogP) is 3.57. The number of aryl methyl sites for hydroxylation is 1. The van der Waals surface area contributed by atoms with Gasteiger partial charge in [-0.3, -0.25) is 9.78 Å². The van der Waals surface area contributed by atoms with Crippen molar-refractivity contribution in [2.45, 2.75) is 13.5 Å². The van der Waals surface area contributed by atoms with Crippen LogP contribution >= 0.6 is 0 Å². The summed E-state index contributed by atoms with van der Waals surface area (Å²) in [7, 11) is 0. The molecule has 2 aromatic heterocycles. The molecule has 0 aliphatic carbocycles. The maximum Gasteiger partial charge on any atom is 0.274 e. The van der Waals surface area contributed by atoms with E-state index in [0.717, 1.165) is 22.4 Å². The molecule has 0 saturated carbocycles. The van der Waals surface area contributed by atoms with Crippen molar-refractivity contribution in [1.29, 1.82) is 0 Å². The molecule has 4 aromatic rings. The van der Waals surface area contributed by atoms with Gasteiger partial charge in [-0.15, -0.1) is 5.10 Å².